The van der Waals surface area contributed by atoms with E-state index in [0.29, 0.717) is 0 Å². The van der Waals surface area contributed by atoms with Crippen LogP contribution in [0.3, 0.4) is 0 Å². The van der Waals surface area contributed by atoms with Gasteiger partial charge in [-0.05, 0) is 20.5 Å². The van der Waals surface area contributed by atoms with Gasteiger partial charge in [0.1, 0.15) is 0 Å². The van der Waals surface area contributed by atoms with E-state index in [9.17, 15) is 0 Å². The van der Waals surface area contributed by atoms with Crippen LogP contribution >= 0.6 is 11.6 Å². The number of aryl methyl sites for hydroxylation is 2. The average molecular weight is 301 g/mol. The highest BCUT2D eigenvalue weighted by Crippen LogP contribution is 2.23. The molecular weight excluding hydrogens is 276 g/mol. The van der Waals surface area contributed by atoms with Crippen molar-refractivity contribution in [1.29, 1.82) is 0 Å². The van der Waals surface area contributed by atoms with Crippen molar-refractivity contribution in [1.82, 2.24) is 20.0 Å². The first-order valence-corrected chi connectivity index (χ1v) is 7.62. The molecule has 1 aromatic rings. The quantitative estimate of drug-likeness (QED) is 0.884. The monoisotopic (exact) mass is 300 g/mol. The Morgan fingerprint density at radius 2 is 2.25 bits per heavy atom. The van der Waals surface area contributed by atoms with Crippen LogP contribution in [0.25, 0.3) is 0 Å². The highest BCUT2D eigenvalue weighted by atomic mass is 35.5. The van der Waals surface area contributed by atoms with E-state index in [1.54, 1.807) is 0 Å². The SMILES string of the molecule is CCc1nn(C)c(CC(NC)C2CN(C)CCO2)c1Cl. The second kappa shape index (κ2) is 6.89. The van der Waals surface area contributed by atoms with Crippen molar-refractivity contribution >= 4 is 11.6 Å². The van der Waals surface area contributed by atoms with E-state index in [1.807, 2.05) is 18.8 Å². The summed E-state index contributed by atoms with van der Waals surface area (Å²) in [4.78, 5) is 2.31. The van der Waals surface area contributed by atoms with Gasteiger partial charge in [0.2, 0.25) is 0 Å². The molecule has 1 saturated heterocycles. The zero-order valence-electron chi connectivity index (χ0n) is 12.8. The molecule has 114 valence electrons. The van der Waals surface area contributed by atoms with Crippen molar-refractivity contribution < 1.29 is 4.74 Å². The van der Waals surface area contributed by atoms with Crippen LogP contribution < -0.4 is 5.32 Å². The van der Waals surface area contributed by atoms with Gasteiger partial charge in [0.05, 0.1) is 29.1 Å². The van der Waals surface area contributed by atoms with Crippen LogP contribution in [0.2, 0.25) is 5.02 Å². The van der Waals surface area contributed by atoms with Crippen molar-refractivity contribution in [2.24, 2.45) is 7.05 Å². The third-order valence-electron chi connectivity index (χ3n) is 4.03. The molecule has 2 unspecified atom stereocenters. The molecule has 0 spiro atoms. The summed E-state index contributed by atoms with van der Waals surface area (Å²) in [5.74, 6) is 0. The van der Waals surface area contributed by atoms with Crippen molar-refractivity contribution in [2.75, 3.05) is 33.8 Å². The fourth-order valence-electron chi connectivity index (χ4n) is 2.72. The lowest BCUT2D eigenvalue weighted by Gasteiger charge is -2.35. The fourth-order valence-corrected chi connectivity index (χ4v) is 3.09. The van der Waals surface area contributed by atoms with Crippen LogP contribution in [0.1, 0.15) is 18.3 Å². The average Bonchev–Trinajstić information content (AvgIpc) is 2.71. The highest BCUT2D eigenvalue weighted by molar-refractivity contribution is 6.31. The maximum atomic E-state index is 6.44. The Morgan fingerprint density at radius 1 is 1.50 bits per heavy atom. The van der Waals surface area contributed by atoms with Crippen LogP contribution in [0.5, 0.6) is 0 Å². The summed E-state index contributed by atoms with van der Waals surface area (Å²) in [7, 11) is 6.07. The minimum absolute atomic E-state index is 0.190. The number of morpholine rings is 1. The minimum Gasteiger partial charge on any atom is -0.374 e. The number of nitrogens with zero attached hydrogens (tertiary/aromatic N) is 3. The van der Waals surface area contributed by atoms with Gasteiger partial charge >= 0.3 is 0 Å². The van der Waals surface area contributed by atoms with E-state index >= 15 is 0 Å². The zero-order chi connectivity index (χ0) is 14.7. The molecule has 0 bridgehead atoms. The molecule has 0 aromatic carbocycles. The molecule has 0 radical (unpaired) electrons. The molecule has 2 heterocycles. The fraction of sp³-hybridized carbons (Fsp3) is 0.786. The zero-order valence-corrected chi connectivity index (χ0v) is 13.6. The van der Waals surface area contributed by atoms with Gasteiger partial charge in [-0.25, -0.2) is 0 Å². The van der Waals surface area contributed by atoms with E-state index in [2.05, 4.69) is 29.3 Å². The van der Waals surface area contributed by atoms with Gasteiger partial charge in [0.25, 0.3) is 0 Å². The third-order valence-corrected chi connectivity index (χ3v) is 4.47. The Bertz CT molecular complexity index is 449. The lowest BCUT2D eigenvalue weighted by molar-refractivity contribution is -0.0374. The summed E-state index contributed by atoms with van der Waals surface area (Å²) in [5.41, 5.74) is 2.06. The predicted octanol–water partition coefficient (Wildman–Crippen LogP) is 1.10. The van der Waals surface area contributed by atoms with Gasteiger partial charge in [-0.15, -0.1) is 0 Å². The summed E-state index contributed by atoms with van der Waals surface area (Å²) in [6, 6.07) is 0.246. The molecule has 20 heavy (non-hydrogen) atoms. The van der Waals surface area contributed by atoms with Crippen LogP contribution in [0.15, 0.2) is 0 Å². The van der Waals surface area contributed by atoms with Crippen LogP contribution in [0.4, 0.5) is 0 Å². The van der Waals surface area contributed by atoms with Gasteiger partial charge in [0, 0.05) is 32.6 Å². The Hall–Kier alpha value is -0.620. The summed E-state index contributed by atoms with van der Waals surface area (Å²) >= 11 is 6.44. The lowest BCUT2D eigenvalue weighted by atomic mass is 10.0. The summed E-state index contributed by atoms with van der Waals surface area (Å²) < 4.78 is 7.81. The second-order valence-electron chi connectivity index (χ2n) is 5.46. The van der Waals surface area contributed by atoms with Gasteiger partial charge in [-0.2, -0.15) is 5.10 Å². The molecule has 6 heteroatoms. The Balaban J connectivity index is 2.11. The largest absolute Gasteiger partial charge is 0.374 e. The van der Waals surface area contributed by atoms with E-state index in [4.69, 9.17) is 16.3 Å². The van der Waals surface area contributed by atoms with E-state index < -0.39 is 0 Å². The topological polar surface area (TPSA) is 42.3 Å². The Kier molecular flexibility index (Phi) is 5.43. The molecule has 2 atom stereocenters. The molecule has 1 aromatic heterocycles. The third kappa shape index (κ3) is 3.34. The number of likely N-dealkylation sites (N-methyl/N-ethyl adjacent to an activating group) is 2. The molecular formula is C14H25ClN4O. The molecule has 1 aliphatic rings. The van der Waals surface area contributed by atoms with Crippen molar-refractivity contribution in [3.8, 4) is 0 Å². The normalized spacial score (nSPS) is 22.1. The summed E-state index contributed by atoms with van der Waals surface area (Å²) in [5, 5.41) is 8.66. The molecule has 2 rings (SSSR count). The number of rotatable bonds is 5. The lowest BCUT2D eigenvalue weighted by Crippen LogP contribution is -2.51. The Morgan fingerprint density at radius 3 is 2.80 bits per heavy atom. The van der Waals surface area contributed by atoms with Gasteiger partial charge in [-0.3, -0.25) is 4.68 Å². The maximum Gasteiger partial charge on any atom is 0.0858 e. The molecule has 1 N–H and O–H groups in total. The van der Waals surface area contributed by atoms with Gasteiger partial charge < -0.3 is 15.0 Å². The van der Waals surface area contributed by atoms with Gasteiger partial charge in [0.15, 0.2) is 0 Å². The molecule has 0 amide bonds. The van der Waals surface area contributed by atoms with Crippen LogP contribution in [-0.2, 0) is 24.6 Å². The number of nitrogens with one attached hydrogen (secondary N) is 1. The molecule has 0 saturated carbocycles. The molecule has 1 fully saturated rings. The summed E-state index contributed by atoms with van der Waals surface area (Å²) in [6.07, 6.45) is 1.88. The first kappa shape index (κ1) is 15.8. The first-order valence-electron chi connectivity index (χ1n) is 7.24. The first-order chi connectivity index (χ1) is 9.56. The Labute approximate surface area is 126 Å². The molecule has 1 aliphatic heterocycles. The number of halogens is 1. The van der Waals surface area contributed by atoms with E-state index in [0.717, 1.165) is 48.9 Å². The summed E-state index contributed by atoms with van der Waals surface area (Å²) in [6.45, 7) is 4.81. The smallest absolute Gasteiger partial charge is 0.0858 e. The van der Waals surface area contributed by atoms with Crippen molar-refractivity contribution in [3.05, 3.63) is 16.4 Å². The van der Waals surface area contributed by atoms with Crippen molar-refractivity contribution in [2.45, 2.75) is 31.9 Å². The minimum atomic E-state index is 0.190. The standard InChI is InChI=1S/C14H25ClN4O/c1-5-10-14(15)12(19(4)17-10)8-11(16-2)13-9-18(3)6-7-20-13/h11,13,16H,5-9H2,1-4H3. The van der Waals surface area contributed by atoms with E-state index in [1.165, 1.54) is 0 Å². The van der Waals surface area contributed by atoms with Crippen LogP contribution in [0, 0.1) is 0 Å². The highest BCUT2D eigenvalue weighted by Gasteiger charge is 2.28. The number of aromatic nitrogens is 2. The van der Waals surface area contributed by atoms with Crippen LogP contribution in [-0.4, -0.2) is 60.6 Å². The molecule has 5 nitrogen and oxygen atoms in total. The number of hydrogen-bond acceptors (Lipinski definition) is 4. The molecule has 0 aliphatic carbocycles. The van der Waals surface area contributed by atoms with Crippen molar-refractivity contribution in [3.63, 3.8) is 0 Å². The predicted molar refractivity (Wildman–Crippen MR) is 81.4 cm³/mol. The maximum absolute atomic E-state index is 6.44. The van der Waals surface area contributed by atoms with Gasteiger partial charge in [-0.1, -0.05) is 18.5 Å². The number of ether oxygens (including phenoxy) is 1. The van der Waals surface area contributed by atoms with E-state index in [-0.39, 0.29) is 12.1 Å². The number of hydrogen-bond donors (Lipinski definition) is 1. The second-order valence-corrected chi connectivity index (χ2v) is 5.83.